The van der Waals surface area contributed by atoms with Crippen LogP contribution in [0.25, 0.3) is 0 Å². The number of hydrogen-bond donors (Lipinski definition) is 1. The number of hydrogen-bond acceptors (Lipinski definition) is 2. The zero-order valence-corrected chi connectivity index (χ0v) is 10.1. The Kier molecular flexibility index (Phi) is 4.43. The van der Waals surface area contributed by atoms with Gasteiger partial charge in [0.2, 0.25) is 0 Å². The van der Waals surface area contributed by atoms with E-state index in [2.05, 4.69) is 30.4 Å². The van der Waals surface area contributed by atoms with Crippen molar-refractivity contribution in [2.24, 2.45) is 0 Å². The number of benzene rings is 1. The first-order valence-corrected chi connectivity index (χ1v) is 5.19. The topological polar surface area (TPSA) is 21.3 Å². The fraction of sp³-hybridized carbons (Fsp3) is 0.500. The first-order chi connectivity index (χ1) is 6.81. The summed E-state index contributed by atoms with van der Waals surface area (Å²) in [4.78, 5) is 0. The summed E-state index contributed by atoms with van der Waals surface area (Å²) in [5.41, 5.74) is 2.61. The smallest absolute Gasteiger partial charge is 0.121 e. The molecule has 1 aliphatic heterocycles. The van der Waals surface area contributed by atoms with E-state index in [-0.39, 0.29) is 12.4 Å². The molecule has 1 fully saturated rings. The van der Waals surface area contributed by atoms with Crippen molar-refractivity contribution in [1.82, 2.24) is 5.32 Å². The van der Waals surface area contributed by atoms with E-state index in [1.807, 2.05) is 0 Å². The van der Waals surface area contributed by atoms with Crippen molar-refractivity contribution in [2.45, 2.75) is 25.8 Å². The van der Waals surface area contributed by atoms with E-state index < -0.39 is 0 Å². The Labute approximate surface area is 97.4 Å². The van der Waals surface area contributed by atoms with Crippen molar-refractivity contribution in [3.05, 3.63) is 29.3 Å². The largest absolute Gasteiger partial charge is 0.496 e. The second kappa shape index (κ2) is 5.38. The molecule has 1 aromatic carbocycles. The van der Waals surface area contributed by atoms with Gasteiger partial charge in [-0.3, -0.25) is 0 Å². The van der Waals surface area contributed by atoms with Crippen LogP contribution in [0.1, 0.15) is 30.0 Å². The second-order valence-corrected chi connectivity index (χ2v) is 3.88. The Bertz CT molecular complexity index is 321. The lowest BCUT2D eigenvalue weighted by Crippen LogP contribution is -2.12. The fourth-order valence-corrected chi connectivity index (χ4v) is 2.09. The van der Waals surface area contributed by atoms with Gasteiger partial charge in [0.1, 0.15) is 5.75 Å². The summed E-state index contributed by atoms with van der Waals surface area (Å²) in [6.07, 6.45) is 2.54. The molecule has 1 aromatic rings. The standard InChI is InChI=1S/C12H17NO.ClH/c1-9-8-10(5-6-12(9)14-2)11-4-3-7-13-11;/h5-6,8,11,13H,3-4,7H2,1-2H3;1H/t11-;/m0./s1. The maximum atomic E-state index is 5.24. The van der Waals surface area contributed by atoms with Gasteiger partial charge in [-0.1, -0.05) is 12.1 Å². The number of ether oxygens (including phenoxy) is 1. The van der Waals surface area contributed by atoms with E-state index >= 15 is 0 Å². The average molecular weight is 228 g/mol. The zero-order chi connectivity index (χ0) is 9.97. The van der Waals surface area contributed by atoms with Gasteiger partial charge in [0.15, 0.2) is 0 Å². The Morgan fingerprint density at radius 2 is 2.20 bits per heavy atom. The summed E-state index contributed by atoms with van der Waals surface area (Å²) in [6.45, 7) is 3.24. The molecule has 0 bridgehead atoms. The van der Waals surface area contributed by atoms with Gasteiger partial charge < -0.3 is 10.1 Å². The summed E-state index contributed by atoms with van der Waals surface area (Å²) in [5, 5.41) is 3.50. The van der Waals surface area contributed by atoms with E-state index in [1.54, 1.807) is 7.11 Å². The normalized spacial score (nSPS) is 19.7. The Balaban J connectivity index is 0.00000112. The molecule has 84 valence electrons. The maximum absolute atomic E-state index is 5.24. The van der Waals surface area contributed by atoms with Crippen LogP contribution in [0.5, 0.6) is 5.75 Å². The van der Waals surface area contributed by atoms with Crippen LogP contribution in [0.4, 0.5) is 0 Å². The molecule has 1 heterocycles. The molecule has 0 radical (unpaired) electrons. The van der Waals surface area contributed by atoms with Gasteiger partial charge in [-0.25, -0.2) is 0 Å². The van der Waals surface area contributed by atoms with Gasteiger partial charge in [0, 0.05) is 6.04 Å². The number of methoxy groups -OCH3 is 1. The van der Waals surface area contributed by atoms with E-state index in [9.17, 15) is 0 Å². The Morgan fingerprint density at radius 3 is 2.73 bits per heavy atom. The summed E-state index contributed by atoms with van der Waals surface area (Å²) in [6, 6.07) is 7.00. The molecule has 0 unspecified atom stereocenters. The minimum absolute atomic E-state index is 0. The highest BCUT2D eigenvalue weighted by Crippen LogP contribution is 2.27. The van der Waals surface area contributed by atoms with Crippen LogP contribution < -0.4 is 10.1 Å². The predicted octanol–water partition coefficient (Wildman–Crippen LogP) is 2.85. The molecular weight excluding hydrogens is 210 g/mol. The van der Waals surface area contributed by atoms with Crippen molar-refractivity contribution < 1.29 is 4.74 Å². The van der Waals surface area contributed by atoms with Crippen LogP contribution in [0, 0.1) is 6.92 Å². The van der Waals surface area contributed by atoms with Gasteiger partial charge in [-0.15, -0.1) is 12.4 Å². The number of nitrogens with one attached hydrogen (secondary N) is 1. The van der Waals surface area contributed by atoms with Crippen molar-refractivity contribution in [3.8, 4) is 5.75 Å². The zero-order valence-electron chi connectivity index (χ0n) is 9.25. The van der Waals surface area contributed by atoms with Gasteiger partial charge in [0.25, 0.3) is 0 Å². The highest BCUT2D eigenvalue weighted by atomic mass is 35.5. The molecule has 2 rings (SSSR count). The molecule has 0 spiro atoms. The first kappa shape index (κ1) is 12.3. The van der Waals surface area contributed by atoms with Crippen molar-refractivity contribution in [3.63, 3.8) is 0 Å². The van der Waals surface area contributed by atoms with E-state index in [0.29, 0.717) is 6.04 Å². The summed E-state index contributed by atoms with van der Waals surface area (Å²) >= 11 is 0. The Morgan fingerprint density at radius 1 is 1.40 bits per heavy atom. The quantitative estimate of drug-likeness (QED) is 0.839. The third-order valence-electron chi connectivity index (χ3n) is 2.88. The van der Waals surface area contributed by atoms with Gasteiger partial charge in [0.05, 0.1) is 7.11 Å². The molecular formula is C12H18ClNO. The third kappa shape index (κ3) is 2.64. The number of halogens is 1. The molecule has 0 aromatic heterocycles. The summed E-state index contributed by atoms with van der Waals surface area (Å²) in [7, 11) is 1.72. The van der Waals surface area contributed by atoms with Crippen LogP contribution in [-0.4, -0.2) is 13.7 Å². The molecule has 1 saturated heterocycles. The monoisotopic (exact) mass is 227 g/mol. The van der Waals surface area contributed by atoms with Crippen LogP contribution in [0.2, 0.25) is 0 Å². The van der Waals surface area contributed by atoms with E-state index in [4.69, 9.17) is 4.74 Å². The van der Waals surface area contributed by atoms with Gasteiger partial charge in [-0.05, 0) is 43.5 Å². The van der Waals surface area contributed by atoms with Crippen LogP contribution in [-0.2, 0) is 0 Å². The summed E-state index contributed by atoms with van der Waals surface area (Å²) in [5.74, 6) is 0.978. The van der Waals surface area contributed by atoms with Gasteiger partial charge in [-0.2, -0.15) is 0 Å². The van der Waals surface area contributed by atoms with E-state index in [1.165, 1.54) is 24.0 Å². The predicted molar refractivity (Wildman–Crippen MR) is 65.0 cm³/mol. The molecule has 0 saturated carbocycles. The average Bonchev–Trinajstić information content (AvgIpc) is 2.70. The number of aryl methyl sites for hydroxylation is 1. The molecule has 2 nitrogen and oxygen atoms in total. The van der Waals surface area contributed by atoms with Crippen molar-refractivity contribution in [1.29, 1.82) is 0 Å². The molecule has 1 aliphatic rings. The molecule has 1 atom stereocenters. The molecule has 0 amide bonds. The number of rotatable bonds is 2. The van der Waals surface area contributed by atoms with E-state index in [0.717, 1.165) is 12.3 Å². The minimum Gasteiger partial charge on any atom is -0.496 e. The van der Waals surface area contributed by atoms with Crippen LogP contribution >= 0.6 is 12.4 Å². The maximum Gasteiger partial charge on any atom is 0.121 e. The highest BCUT2D eigenvalue weighted by Gasteiger charge is 2.16. The molecule has 0 aliphatic carbocycles. The van der Waals surface area contributed by atoms with Gasteiger partial charge >= 0.3 is 0 Å². The third-order valence-corrected chi connectivity index (χ3v) is 2.88. The van der Waals surface area contributed by atoms with Crippen molar-refractivity contribution in [2.75, 3.05) is 13.7 Å². The first-order valence-electron chi connectivity index (χ1n) is 5.19. The molecule has 3 heteroatoms. The van der Waals surface area contributed by atoms with Crippen LogP contribution in [0.15, 0.2) is 18.2 Å². The van der Waals surface area contributed by atoms with Crippen LogP contribution in [0.3, 0.4) is 0 Å². The summed E-state index contributed by atoms with van der Waals surface area (Å²) < 4.78 is 5.24. The highest BCUT2D eigenvalue weighted by molar-refractivity contribution is 5.85. The lowest BCUT2D eigenvalue weighted by Gasteiger charge is -2.13. The lowest BCUT2D eigenvalue weighted by molar-refractivity contribution is 0.411. The Hall–Kier alpha value is -0.730. The fourth-order valence-electron chi connectivity index (χ4n) is 2.09. The SMILES string of the molecule is COc1ccc([C@@H]2CCCN2)cc1C.Cl. The lowest BCUT2D eigenvalue weighted by atomic mass is 10.0. The molecule has 1 N–H and O–H groups in total. The minimum atomic E-state index is 0. The second-order valence-electron chi connectivity index (χ2n) is 3.88. The van der Waals surface area contributed by atoms with Crippen molar-refractivity contribution >= 4 is 12.4 Å². The molecule has 15 heavy (non-hydrogen) atoms.